The van der Waals surface area contributed by atoms with Crippen LogP contribution in [0.4, 0.5) is 0 Å². The molecule has 2 rings (SSSR count). The molecule has 0 spiro atoms. The van der Waals surface area contributed by atoms with Crippen molar-refractivity contribution in [3.8, 4) is 11.8 Å². The highest BCUT2D eigenvalue weighted by Crippen LogP contribution is 2.21. The Morgan fingerprint density at radius 3 is 3.06 bits per heavy atom. The van der Waals surface area contributed by atoms with Crippen molar-refractivity contribution in [2.24, 2.45) is 0 Å². The highest BCUT2D eigenvalue weighted by Gasteiger charge is 2.05. The minimum atomic E-state index is 0.274. The van der Waals surface area contributed by atoms with Crippen LogP contribution in [0.25, 0.3) is 0 Å². The van der Waals surface area contributed by atoms with Crippen molar-refractivity contribution >= 4 is 0 Å². The van der Waals surface area contributed by atoms with E-state index >= 15 is 0 Å². The quantitative estimate of drug-likeness (QED) is 0.856. The molecule has 2 aromatic rings. The number of aryl methyl sites for hydroxylation is 1. The summed E-state index contributed by atoms with van der Waals surface area (Å²) in [4.78, 5) is 4.17. The van der Waals surface area contributed by atoms with Gasteiger partial charge < -0.3 is 14.5 Å². The van der Waals surface area contributed by atoms with E-state index in [4.69, 9.17) is 9.15 Å². The maximum atomic E-state index is 5.48. The third-order valence-electron chi connectivity index (χ3n) is 2.08. The van der Waals surface area contributed by atoms with E-state index in [1.165, 1.54) is 0 Å². The van der Waals surface area contributed by atoms with Gasteiger partial charge in [-0.15, -0.1) is 0 Å². The number of benzene rings is 1. The van der Waals surface area contributed by atoms with E-state index in [9.17, 15) is 0 Å². The molecule has 0 aliphatic heterocycles. The number of oxazole rings is 1. The Hall–Kier alpha value is -1.81. The van der Waals surface area contributed by atoms with Crippen LogP contribution in [0.3, 0.4) is 0 Å². The lowest BCUT2D eigenvalue weighted by molar-refractivity contribution is 0.330. The van der Waals surface area contributed by atoms with Crippen molar-refractivity contribution in [1.29, 1.82) is 0 Å². The van der Waals surface area contributed by atoms with Crippen molar-refractivity contribution in [2.45, 2.75) is 13.5 Å². The first-order valence-electron chi connectivity index (χ1n) is 5.11. The van der Waals surface area contributed by atoms with Crippen LogP contribution in [0, 0.1) is 6.92 Å². The molecule has 0 aliphatic carbocycles. The van der Waals surface area contributed by atoms with Gasteiger partial charge in [0.1, 0.15) is 12.0 Å². The maximum Gasteiger partial charge on any atom is 0.399 e. The van der Waals surface area contributed by atoms with Crippen LogP contribution in [0.15, 0.2) is 34.9 Å². The van der Waals surface area contributed by atoms with E-state index in [0.29, 0.717) is 6.54 Å². The minimum absolute atomic E-state index is 0.274. The van der Waals surface area contributed by atoms with E-state index in [-0.39, 0.29) is 6.08 Å². The van der Waals surface area contributed by atoms with Crippen LogP contribution in [0.5, 0.6) is 11.8 Å². The van der Waals surface area contributed by atoms with Gasteiger partial charge in [0.2, 0.25) is 0 Å². The van der Waals surface area contributed by atoms with Gasteiger partial charge >= 0.3 is 6.08 Å². The fourth-order valence-electron chi connectivity index (χ4n) is 1.38. The molecule has 0 saturated heterocycles. The number of aromatic nitrogens is 1. The van der Waals surface area contributed by atoms with Crippen molar-refractivity contribution < 1.29 is 9.15 Å². The molecule has 0 fully saturated rings. The van der Waals surface area contributed by atoms with Gasteiger partial charge in [-0.3, -0.25) is 0 Å². The summed E-state index contributed by atoms with van der Waals surface area (Å²) in [6, 6.07) is 7.74. The first-order valence-corrected chi connectivity index (χ1v) is 5.11. The van der Waals surface area contributed by atoms with Crippen molar-refractivity contribution in [3.63, 3.8) is 0 Å². The summed E-state index contributed by atoms with van der Waals surface area (Å²) in [7, 11) is 1.86. The molecule has 0 unspecified atom stereocenters. The second kappa shape index (κ2) is 4.81. The number of nitrogens with zero attached hydrogens (tertiary/aromatic N) is 1. The lowest BCUT2D eigenvalue weighted by Gasteiger charge is -2.00. The molecule has 4 nitrogen and oxygen atoms in total. The highest BCUT2D eigenvalue weighted by atomic mass is 16.6. The Morgan fingerprint density at radius 1 is 1.44 bits per heavy atom. The van der Waals surface area contributed by atoms with Gasteiger partial charge in [-0.1, -0.05) is 12.1 Å². The molecule has 1 N–H and O–H groups in total. The smallest absolute Gasteiger partial charge is 0.399 e. The molecular weight excluding hydrogens is 204 g/mol. The first kappa shape index (κ1) is 10.7. The molecule has 0 aliphatic rings. The molecule has 1 heterocycles. The topological polar surface area (TPSA) is 47.3 Å². The van der Waals surface area contributed by atoms with E-state index in [2.05, 4.69) is 10.3 Å². The summed E-state index contributed by atoms with van der Waals surface area (Å²) >= 11 is 0. The standard InChI is InChI=1S/C12H14N2O2/c1-9-4-3-5-11(6-9)16-12-14-10(7-13-2)8-15-12/h3-6,8,13H,7H2,1-2H3. The third-order valence-corrected chi connectivity index (χ3v) is 2.08. The number of ether oxygens (including phenoxy) is 1. The largest absolute Gasteiger partial charge is 0.417 e. The molecule has 1 aromatic heterocycles. The van der Waals surface area contributed by atoms with E-state index in [1.54, 1.807) is 6.26 Å². The average molecular weight is 218 g/mol. The predicted octanol–water partition coefficient (Wildman–Crippen LogP) is 2.49. The lowest BCUT2D eigenvalue weighted by Crippen LogP contribution is -2.04. The summed E-state index contributed by atoms with van der Waals surface area (Å²) in [5.74, 6) is 0.734. The van der Waals surface area contributed by atoms with Crippen LogP contribution in [-0.2, 0) is 6.54 Å². The van der Waals surface area contributed by atoms with Crippen LogP contribution in [0.1, 0.15) is 11.3 Å². The van der Waals surface area contributed by atoms with Gasteiger partial charge in [0.15, 0.2) is 0 Å². The van der Waals surface area contributed by atoms with Gasteiger partial charge in [-0.2, -0.15) is 4.98 Å². The first-order chi connectivity index (χ1) is 7.78. The molecule has 0 radical (unpaired) electrons. The number of nitrogens with one attached hydrogen (secondary N) is 1. The van der Waals surface area contributed by atoms with Crippen molar-refractivity contribution in [1.82, 2.24) is 10.3 Å². The normalized spacial score (nSPS) is 10.4. The van der Waals surface area contributed by atoms with Crippen LogP contribution >= 0.6 is 0 Å². The zero-order valence-corrected chi connectivity index (χ0v) is 9.36. The summed E-state index contributed by atoms with van der Waals surface area (Å²) in [6.45, 7) is 2.68. The Morgan fingerprint density at radius 2 is 2.31 bits per heavy atom. The third kappa shape index (κ3) is 2.61. The molecule has 0 amide bonds. The monoisotopic (exact) mass is 218 g/mol. The zero-order valence-electron chi connectivity index (χ0n) is 9.36. The second-order valence-corrected chi connectivity index (χ2v) is 3.55. The van der Waals surface area contributed by atoms with E-state index in [1.807, 2.05) is 38.2 Å². The lowest BCUT2D eigenvalue weighted by atomic mass is 10.2. The molecule has 0 atom stereocenters. The van der Waals surface area contributed by atoms with Crippen LogP contribution in [-0.4, -0.2) is 12.0 Å². The van der Waals surface area contributed by atoms with Gasteiger partial charge in [-0.25, -0.2) is 0 Å². The Labute approximate surface area is 94.3 Å². The molecular formula is C12H14N2O2. The zero-order chi connectivity index (χ0) is 11.4. The average Bonchev–Trinajstić information content (AvgIpc) is 2.66. The Balaban J connectivity index is 2.08. The molecule has 0 bridgehead atoms. The van der Waals surface area contributed by atoms with E-state index < -0.39 is 0 Å². The second-order valence-electron chi connectivity index (χ2n) is 3.55. The number of rotatable bonds is 4. The van der Waals surface area contributed by atoms with Crippen molar-refractivity contribution in [3.05, 3.63) is 41.8 Å². The van der Waals surface area contributed by atoms with Crippen LogP contribution < -0.4 is 10.1 Å². The SMILES string of the molecule is CNCc1coc(Oc2cccc(C)c2)n1. The Kier molecular flexibility index (Phi) is 3.22. The van der Waals surface area contributed by atoms with Gasteiger partial charge in [0.05, 0.1) is 5.69 Å². The maximum absolute atomic E-state index is 5.48. The summed E-state index contributed by atoms with van der Waals surface area (Å²) in [5, 5.41) is 2.99. The minimum Gasteiger partial charge on any atom is -0.417 e. The van der Waals surface area contributed by atoms with Gasteiger partial charge in [0.25, 0.3) is 0 Å². The summed E-state index contributed by atoms with van der Waals surface area (Å²) in [6.07, 6.45) is 1.86. The van der Waals surface area contributed by atoms with E-state index in [0.717, 1.165) is 17.0 Å². The van der Waals surface area contributed by atoms with Crippen molar-refractivity contribution in [2.75, 3.05) is 7.05 Å². The van der Waals surface area contributed by atoms with Gasteiger partial charge in [0, 0.05) is 6.54 Å². The molecule has 1 aromatic carbocycles. The fourth-order valence-corrected chi connectivity index (χ4v) is 1.38. The highest BCUT2D eigenvalue weighted by molar-refractivity contribution is 5.29. The molecule has 84 valence electrons. The van der Waals surface area contributed by atoms with Crippen LogP contribution in [0.2, 0.25) is 0 Å². The molecule has 4 heteroatoms. The molecule has 0 saturated carbocycles. The summed E-state index contributed by atoms with van der Waals surface area (Å²) in [5.41, 5.74) is 1.96. The number of hydrogen-bond donors (Lipinski definition) is 1. The number of hydrogen-bond acceptors (Lipinski definition) is 4. The Bertz CT molecular complexity index is 466. The summed E-state index contributed by atoms with van der Waals surface area (Å²) < 4.78 is 10.7. The predicted molar refractivity (Wildman–Crippen MR) is 60.5 cm³/mol. The molecule has 16 heavy (non-hydrogen) atoms. The van der Waals surface area contributed by atoms with Gasteiger partial charge in [-0.05, 0) is 31.7 Å². The fraction of sp³-hybridized carbons (Fsp3) is 0.250.